The van der Waals surface area contributed by atoms with Crippen LogP contribution >= 0.6 is 22.6 Å². The second kappa shape index (κ2) is 6.13. The number of benzene rings is 2. The van der Waals surface area contributed by atoms with Gasteiger partial charge in [-0.3, -0.25) is 0 Å². The number of halogens is 1. The van der Waals surface area contributed by atoms with Gasteiger partial charge in [-0.05, 0) is 60.0 Å². The summed E-state index contributed by atoms with van der Waals surface area (Å²) < 4.78 is 1.20. The van der Waals surface area contributed by atoms with Crippen molar-refractivity contribution in [3.63, 3.8) is 0 Å². The summed E-state index contributed by atoms with van der Waals surface area (Å²) in [5.74, 6) is 1.09. The first-order valence-electron chi connectivity index (χ1n) is 7.89. The number of nitrogens with zero attached hydrogens (tertiary/aromatic N) is 3. The van der Waals surface area contributed by atoms with E-state index >= 15 is 0 Å². The summed E-state index contributed by atoms with van der Waals surface area (Å²) in [6.45, 7) is 4.19. The number of hydrogen-bond acceptors (Lipinski definition) is 4. The van der Waals surface area contributed by atoms with Crippen LogP contribution in [0.25, 0.3) is 0 Å². The predicted octanol–water partition coefficient (Wildman–Crippen LogP) is 3.67. The Morgan fingerprint density at radius 3 is 2.61 bits per heavy atom. The molecule has 2 aliphatic rings. The van der Waals surface area contributed by atoms with Gasteiger partial charge in [0.1, 0.15) is 5.84 Å². The number of aliphatic imine (C=N–C) groups is 1. The molecule has 4 nitrogen and oxygen atoms in total. The Morgan fingerprint density at radius 2 is 1.78 bits per heavy atom. The summed E-state index contributed by atoms with van der Waals surface area (Å²) in [4.78, 5) is 9.83. The summed E-state index contributed by atoms with van der Waals surface area (Å²) in [5.41, 5.74) is 4.40. The molecular weight excluding hydrogens is 397 g/mol. The minimum atomic E-state index is 1.02. The van der Waals surface area contributed by atoms with Gasteiger partial charge in [-0.2, -0.15) is 0 Å². The van der Waals surface area contributed by atoms with Crippen molar-refractivity contribution in [1.29, 1.82) is 0 Å². The standard InChI is InChI=1S/C18H19IN4/c1-22-8-10-23(11-9-22)18-14-4-2-3-5-15(14)20-16-7-6-13(19)12-17(16)21-18/h2-7,12,20H,8-11H2,1H3/i19-2. The summed E-state index contributed by atoms with van der Waals surface area (Å²) in [5, 5.41) is 3.55. The molecule has 0 aliphatic carbocycles. The van der Waals surface area contributed by atoms with Gasteiger partial charge in [0.2, 0.25) is 0 Å². The third kappa shape index (κ3) is 2.95. The molecule has 2 heterocycles. The summed E-state index contributed by atoms with van der Waals surface area (Å²) in [7, 11) is 2.18. The van der Waals surface area contributed by atoms with E-state index in [9.17, 15) is 0 Å². The van der Waals surface area contributed by atoms with Gasteiger partial charge < -0.3 is 15.1 Å². The Balaban J connectivity index is 1.83. The van der Waals surface area contributed by atoms with Crippen molar-refractivity contribution in [1.82, 2.24) is 9.80 Å². The molecule has 0 spiro atoms. The third-order valence-electron chi connectivity index (χ3n) is 4.43. The first-order chi connectivity index (χ1) is 11.2. The number of fused-ring (bicyclic) bond motifs is 2. The molecule has 0 radical (unpaired) electrons. The molecule has 0 unspecified atom stereocenters. The Morgan fingerprint density at radius 1 is 1.00 bits per heavy atom. The lowest BCUT2D eigenvalue weighted by Gasteiger charge is -2.34. The molecule has 1 saturated heterocycles. The Bertz CT molecular complexity index is 763. The molecule has 0 bridgehead atoms. The number of nitrogens with one attached hydrogen (secondary N) is 1. The number of para-hydroxylation sites is 1. The molecule has 0 amide bonds. The zero-order chi connectivity index (χ0) is 15.8. The lowest BCUT2D eigenvalue weighted by Crippen LogP contribution is -2.47. The highest BCUT2D eigenvalue weighted by Crippen LogP contribution is 2.35. The van der Waals surface area contributed by atoms with Gasteiger partial charge in [0.05, 0.1) is 11.4 Å². The fourth-order valence-electron chi connectivity index (χ4n) is 3.07. The number of hydrogen-bond donors (Lipinski definition) is 1. The lowest BCUT2D eigenvalue weighted by molar-refractivity contribution is 0.216. The normalized spacial score (nSPS) is 17.7. The molecule has 2 aliphatic heterocycles. The van der Waals surface area contributed by atoms with Crippen LogP contribution in [-0.4, -0.2) is 48.9 Å². The van der Waals surface area contributed by atoms with Crippen LogP contribution in [0.15, 0.2) is 47.5 Å². The third-order valence-corrected chi connectivity index (χ3v) is 5.10. The second-order valence-corrected chi connectivity index (χ2v) is 7.30. The Kier molecular flexibility index (Phi) is 3.98. The van der Waals surface area contributed by atoms with Gasteiger partial charge in [0, 0.05) is 41.0 Å². The number of amidine groups is 1. The van der Waals surface area contributed by atoms with E-state index in [4.69, 9.17) is 4.99 Å². The molecule has 0 atom stereocenters. The molecule has 118 valence electrons. The largest absolute Gasteiger partial charge is 0.353 e. The maximum atomic E-state index is 5.05. The van der Waals surface area contributed by atoms with E-state index in [1.165, 1.54) is 9.13 Å². The molecule has 1 fully saturated rings. The van der Waals surface area contributed by atoms with E-state index in [2.05, 4.69) is 87.2 Å². The first kappa shape index (κ1) is 15.0. The first-order valence-corrected chi connectivity index (χ1v) is 8.97. The van der Waals surface area contributed by atoms with Crippen molar-refractivity contribution < 1.29 is 0 Å². The Labute approximate surface area is 150 Å². The van der Waals surface area contributed by atoms with Crippen LogP contribution in [0.3, 0.4) is 0 Å². The number of likely N-dealkylation sites (N-methyl/N-ethyl adjacent to an activating group) is 1. The zero-order valence-corrected chi connectivity index (χ0v) is 15.2. The molecule has 5 heteroatoms. The highest BCUT2D eigenvalue weighted by molar-refractivity contribution is 14.1. The highest BCUT2D eigenvalue weighted by Gasteiger charge is 2.23. The maximum Gasteiger partial charge on any atom is 0.138 e. The van der Waals surface area contributed by atoms with Crippen molar-refractivity contribution in [2.75, 3.05) is 38.5 Å². The van der Waals surface area contributed by atoms with E-state index < -0.39 is 0 Å². The van der Waals surface area contributed by atoms with Crippen LogP contribution in [-0.2, 0) is 0 Å². The summed E-state index contributed by atoms with van der Waals surface area (Å²) >= 11 is 2.35. The van der Waals surface area contributed by atoms with E-state index in [-0.39, 0.29) is 0 Å². The maximum absolute atomic E-state index is 5.05. The van der Waals surface area contributed by atoms with E-state index in [1.54, 1.807) is 0 Å². The van der Waals surface area contributed by atoms with Crippen molar-refractivity contribution in [3.05, 3.63) is 51.6 Å². The second-order valence-electron chi connectivity index (χ2n) is 6.06. The molecule has 4 rings (SSSR count). The molecule has 0 aromatic heterocycles. The number of piperazine rings is 1. The van der Waals surface area contributed by atoms with Crippen LogP contribution in [0, 0.1) is 3.57 Å². The molecule has 23 heavy (non-hydrogen) atoms. The fraction of sp³-hybridized carbons (Fsp3) is 0.278. The zero-order valence-electron chi connectivity index (χ0n) is 13.1. The molecule has 0 saturated carbocycles. The lowest BCUT2D eigenvalue weighted by atomic mass is 10.1. The quantitative estimate of drug-likeness (QED) is 0.665. The van der Waals surface area contributed by atoms with Crippen LogP contribution in [0.1, 0.15) is 5.56 Å². The highest BCUT2D eigenvalue weighted by atomic mass is 125. The van der Waals surface area contributed by atoms with Gasteiger partial charge in [-0.1, -0.05) is 12.1 Å². The van der Waals surface area contributed by atoms with E-state index in [0.717, 1.165) is 49.1 Å². The average Bonchev–Trinajstić information content (AvgIpc) is 2.72. The number of rotatable bonds is 0. The van der Waals surface area contributed by atoms with Crippen LogP contribution in [0.2, 0.25) is 0 Å². The molecule has 2 aromatic rings. The summed E-state index contributed by atoms with van der Waals surface area (Å²) in [6.07, 6.45) is 0. The minimum Gasteiger partial charge on any atom is -0.353 e. The van der Waals surface area contributed by atoms with E-state index in [1.807, 2.05) is 0 Å². The number of anilines is 2. The van der Waals surface area contributed by atoms with Gasteiger partial charge in [-0.25, -0.2) is 4.99 Å². The van der Waals surface area contributed by atoms with Crippen molar-refractivity contribution in [2.24, 2.45) is 4.99 Å². The van der Waals surface area contributed by atoms with Gasteiger partial charge in [0.15, 0.2) is 0 Å². The van der Waals surface area contributed by atoms with Gasteiger partial charge in [-0.15, -0.1) is 0 Å². The smallest absolute Gasteiger partial charge is 0.138 e. The van der Waals surface area contributed by atoms with E-state index in [0.29, 0.717) is 0 Å². The van der Waals surface area contributed by atoms with Crippen LogP contribution in [0.4, 0.5) is 17.1 Å². The topological polar surface area (TPSA) is 30.9 Å². The van der Waals surface area contributed by atoms with Crippen molar-refractivity contribution in [2.45, 2.75) is 0 Å². The molecule has 2 aromatic carbocycles. The average molecular weight is 416 g/mol. The van der Waals surface area contributed by atoms with Gasteiger partial charge >= 0.3 is 0 Å². The predicted molar refractivity (Wildman–Crippen MR) is 104 cm³/mol. The van der Waals surface area contributed by atoms with Gasteiger partial charge in [0.25, 0.3) is 0 Å². The van der Waals surface area contributed by atoms with Crippen molar-refractivity contribution >= 4 is 45.5 Å². The summed E-state index contributed by atoms with van der Waals surface area (Å²) in [6, 6.07) is 14.8. The SMILES string of the molecule is CN1CCN(C2=Nc3cc([125I])ccc3Nc3ccccc32)CC1. The molecular formula is C18H19IN4. The molecule has 1 N–H and O–H groups in total. The van der Waals surface area contributed by atoms with Crippen LogP contribution in [0.5, 0.6) is 0 Å². The van der Waals surface area contributed by atoms with Crippen LogP contribution < -0.4 is 5.32 Å². The Hall–Kier alpha value is -1.60. The van der Waals surface area contributed by atoms with Crippen molar-refractivity contribution in [3.8, 4) is 0 Å². The fourth-order valence-corrected chi connectivity index (χ4v) is 3.54. The monoisotopic (exact) mass is 416 g/mol. The minimum absolute atomic E-state index is 1.02.